The monoisotopic (exact) mass is 432 g/mol. The van der Waals surface area contributed by atoms with Crippen molar-refractivity contribution >= 4 is 17.7 Å². The van der Waals surface area contributed by atoms with E-state index in [0.29, 0.717) is 17.5 Å². The SMILES string of the molecule is COc1ccc(-c2nnc(SC(C)C(=O)NC(C)C)n2C2CCCCC2)cc1OC. The molecule has 1 aliphatic carbocycles. The number of rotatable bonds is 8. The molecule has 3 rings (SSSR count). The van der Waals surface area contributed by atoms with E-state index in [-0.39, 0.29) is 17.2 Å². The van der Waals surface area contributed by atoms with Crippen LogP contribution in [0.5, 0.6) is 11.5 Å². The van der Waals surface area contributed by atoms with Crippen molar-refractivity contribution in [3.63, 3.8) is 0 Å². The van der Waals surface area contributed by atoms with Crippen molar-refractivity contribution in [2.24, 2.45) is 0 Å². The molecule has 7 nitrogen and oxygen atoms in total. The number of methoxy groups -OCH3 is 2. The van der Waals surface area contributed by atoms with E-state index < -0.39 is 0 Å². The largest absolute Gasteiger partial charge is 0.493 e. The summed E-state index contributed by atoms with van der Waals surface area (Å²) in [5.74, 6) is 2.16. The quantitative estimate of drug-likeness (QED) is 0.620. The standard InChI is InChI=1S/C22H32N4O3S/c1-14(2)23-21(27)15(3)30-22-25-24-20(26(22)17-9-7-6-8-10-17)16-11-12-18(28-4)19(13-16)29-5/h11-15,17H,6-10H2,1-5H3,(H,23,27). The average molecular weight is 433 g/mol. The zero-order valence-corrected chi connectivity index (χ0v) is 19.3. The highest BCUT2D eigenvalue weighted by molar-refractivity contribution is 8.00. The van der Waals surface area contributed by atoms with Crippen molar-refractivity contribution in [1.29, 1.82) is 0 Å². The second-order valence-electron chi connectivity index (χ2n) is 7.96. The molecule has 8 heteroatoms. The van der Waals surface area contributed by atoms with Crippen molar-refractivity contribution < 1.29 is 14.3 Å². The Morgan fingerprint density at radius 2 is 1.80 bits per heavy atom. The summed E-state index contributed by atoms with van der Waals surface area (Å²) in [5, 5.41) is 12.5. The third-order valence-corrected chi connectivity index (χ3v) is 6.39. The van der Waals surface area contributed by atoms with E-state index in [9.17, 15) is 4.79 Å². The van der Waals surface area contributed by atoms with Crippen LogP contribution in [-0.4, -0.2) is 46.2 Å². The maximum absolute atomic E-state index is 12.5. The van der Waals surface area contributed by atoms with Crippen LogP contribution in [0.4, 0.5) is 0 Å². The van der Waals surface area contributed by atoms with Crippen LogP contribution >= 0.6 is 11.8 Å². The zero-order chi connectivity index (χ0) is 21.7. The predicted octanol–water partition coefficient (Wildman–Crippen LogP) is 4.47. The molecule has 1 aromatic carbocycles. The van der Waals surface area contributed by atoms with Crippen LogP contribution in [0, 0.1) is 0 Å². The maximum Gasteiger partial charge on any atom is 0.233 e. The molecular weight excluding hydrogens is 400 g/mol. The Bertz CT molecular complexity index is 862. The van der Waals surface area contributed by atoms with E-state index >= 15 is 0 Å². The van der Waals surface area contributed by atoms with Gasteiger partial charge < -0.3 is 14.8 Å². The van der Waals surface area contributed by atoms with Gasteiger partial charge in [0.1, 0.15) is 0 Å². The van der Waals surface area contributed by atoms with E-state index in [2.05, 4.69) is 20.1 Å². The van der Waals surface area contributed by atoms with Crippen LogP contribution < -0.4 is 14.8 Å². The molecule has 1 aromatic heterocycles. The lowest BCUT2D eigenvalue weighted by molar-refractivity contribution is -0.120. The van der Waals surface area contributed by atoms with Crippen LogP contribution in [0.25, 0.3) is 11.4 Å². The topological polar surface area (TPSA) is 78.3 Å². The highest BCUT2D eigenvalue weighted by atomic mass is 32.2. The molecule has 164 valence electrons. The number of hydrogen-bond donors (Lipinski definition) is 1. The van der Waals surface area contributed by atoms with Gasteiger partial charge in [-0.15, -0.1) is 10.2 Å². The normalized spacial score (nSPS) is 15.8. The lowest BCUT2D eigenvalue weighted by atomic mass is 9.95. The van der Waals surface area contributed by atoms with Gasteiger partial charge in [0.25, 0.3) is 0 Å². The van der Waals surface area contributed by atoms with Crippen molar-refractivity contribution in [1.82, 2.24) is 20.1 Å². The summed E-state index contributed by atoms with van der Waals surface area (Å²) < 4.78 is 13.1. The molecule has 1 amide bonds. The fourth-order valence-corrected chi connectivity index (χ4v) is 4.74. The molecule has 1 atom stereocenters. The van der Waals surface area contributed by atoms with Gasteiger partial charge in [-0.2, -0.15) is 0 Å². The van der Waals surface area contributed by atoms with Crippen molar-refractivity contribution in [3.8, 4) is 22.9 Å². The number of aromatic nitrogens is 3. The Kier molecular flexibility index (Phi) is 7.64. The summed E-state index contributed by atoms with van der Waals surface area (Å²) in [6, 6.07) is 6.25. The van der Waals surface area contributed by atoms with E-state index in [4.69, 9.17) is 9.47 Å². The van der Waals surface area contributed by atoms with Crippen LogP contribution in [0.2, 0.25) is 0 Å². The van der Waals surface area contributed by atoms with Gasteiger partial charge in [-0.1, -0.05) is 31.0 Å². The molecule has 0 spiro atoms. The number of carbonyl (C=O) groups excluding carboxylic acids is 1. The second kappa shape index (κ2) is 10.2. The molecule has 1 saturated carbocycles. The zero-order valence-electron chi connectivity index (χ0n) is 18.5. The van der Waals surface area contributed by atoms with Gasteiger partial charge in [0.05, 0.1) is 19.5 Å². The molecule has 30 heavy (non-hydrogen) atoms. The van der Waals surface area contributed by atoms with E-state index in [1.807, 2.05) is 39.0 Å². The van der Waals surface area contributed by atoms with Crippen LogP contribution in [0.15, 0.2) is 23.4 Å². The minimum absolute atomic E-state index is 0.0147. The van der Waals surface area contributed by atoms with Gasteiger partial charge in [0.15, 0.2) is 22.5 Å². The first-order chi connectivity index (χ1) is 14.4. The highest BCUT2D eigenvalue weighted by Crippen LogP contribution is 2.38. The Morgan fingerprint density at radius 3 is 2.43 bits per heavy atom. The fraction of sp³-hybridized carbons (Fsp3) is 0.591. The van der Waals surface area contributed by atoms with Gasteiger partial charge in [-0.25, -0.2) is 0 Å². The molecule has 1 fully saturated rings. The number of carbonyl (C=O) groups is 1. The summed E-state index contributed by atoms with van der Waals surface area (Å²) in [4.78, 5) is 12.5. The summed E-state index contributed by atoms with van der Waals surface area (Å²) in [7, 11) is 3.25. The Balaban J connectivity index is 1.97. The third-order valence-electron chi connectivity index (χ3n) is 5.33. The second-order valence-corrected chi connectivity index (χ2v) is 9.27. The number of hydrogen-bond acceptors (Lipinski definition) is 6. The van der Waals surface area contributed by atoms with E-state index in [1.165, 1.54) is 31.0 Å². The fourth-order valence-electron chi connectivity index (χ4n) is 3.81. The Labute approximate surface area is 182 Å². The summed E-state index contributed by atoms with van der Waals surface area (Å²) >= 11 is 1.47. The van der Waals surface area contributed by atoms with Crippen molar-refractivity contribution in [3.05, 3.63) is 18.2 Å². The molecule has 0 aliphatic heterocycles. The van der Waals surface area contributed by atoms with Crippen molar-refractivity contribution in [2.75, 3.05) is 14.2 Å². The first-order valence-corrected chi connectivity index (χ1v) is 11.5. The summed E-state index contributed by atoms with van der Waals surface area (Å²) in [6.07, 6.45) is 5.85. The van der Waals surface area contributed by atoms with Gasteiger partial charge in [0, 0.05) is 17.6 Å². The predicted molar refractivity (Wildman–Crippen MR) is 119 cm³/mol. The van der Waals surface area contributed by atoms with Crippen LogP contribution in [0.1, 0.15) is 58.9 Å². The number of amides is 1. The Hall–Kier alpha value is -2.22. The number of nitrogens with zero attached hydrogens (tertiary/aromatic N) is 3. The highest BCUT2D eigenvalue weighted by Gasteiger charge is 2.27. The first kappa shape index (κ1) is 22.5. The van der Waals surface area contributed by atoms with Crippen LogP contribution in [0.3, 0.4) is 0 Å². The molecule has 0 radical (unpaired) electrons. The smallest absolute Gasteiger partial charge is 0.233 e. The lowest BCUT2D eigenvalue weighted by Gasteiger charge is -2.26. The van der Waals surface area contributed by atoms with E-state index in [1.54, 1.807) is 14.2 Å². The molecule has 2 aromatic rings. The lowest BCUT2D eigenvalue weighted by Crippen LogP contribution is -2.36. The van der Waals surface area contributed by atoms with Gasteiger partial charge in [0.2, 0.25) is 5.91 Å². The van der Waals surface area contributed by atoms with Crippen molar-refractivity contribution in [2.45, 2.75) is 75.4 Å². The molecule has 1 N–H and O–H groups in total. The number of thioether (sulfide) groups is 1. The molecule has 1 unspecified atom stereocenters. The molecule has 0 saturated heterocycles. The summed E-state index contributed by atoms with van der Waals surface area (Å²) in [5.41, 5.74) is 0.928. The van der Waals surface area contributed by atoms with Gasteiger partial charge in [-0.05, 0) is 51.8 Å². The van der Waals surface area contributed by atoms with Crippen LogP contribution in [-0.2, 0) is 4.79 Å². The number of benzene rings is 1. The van der Waals surface area contributed by atoms with E-state index in [0.717, 1.165) is 29.4 Å². The molecule has 1 aliphatic rings. The van der Waals surface area contributed by atoms with Gasteiger partial charge in [-0.3, -0.25) is 9.36 Å². The number of nitrogens with one attached hydrogen (secondary N) is 1. The average Bonchev–Trinajstić information content (AvgIpc) is 3.16. The maximum atomic E-state index is 12.5. The minimum atomic E-state index is -0.253. The third kappa shape index (κ3) is 5.09. The molecular formula is C22H32N4O3S. The van der Waals surface area contributed by atoms with Gasteiger partial charge >= 0.3 is 0 Å². The minimum Gasteiger partial charge on any atom is -0.493 e. The Morgan fingerprint density at radius 1 is 1.10 bits per heavy atom. The molecule has 0 bridgehead atoms. The first-order valence-electron chi connectivity index (χ1n) is 10.6. The molecule has 1 heterocycles. The summed E-state index contributed by atoms with van der Waals surface area (Å²) in [6.45, 7) is 5.85. The number of ether oxygens (including phenoxy) is 2.